The number of quaternary nitrogens is 1. The average Bonchev–Trinajstić information content (AvgIpc) is 2.94. The van der Waals surface area contributed by atoms with E-state index in [0.29, 0.717) is 23.4 Å². The Hall–Kier alpha value is -3.05. The molecule has 2 aromatic carbocycles. The molecule has 2 N–H and O–H groups in total. The molecule has 0 aliphatic carbocycles. The summed E-state index contributed by atoms with van der Waals surface area (Å²) in [5, 5.41) is 10.2. The van der Waals surface area contributed by atoms with E-state index in [1.165, 1.54) is 0 Å². The first-order valence-electron chi connectivity index (χ1n) is 8.99. The lowest BCUT2D eigenvalue weighted by atomic mass is 10.0. The Bertz CT molecular complexity index is 988. The predicted octanol–water partition coefficient (Wildman–Crippen LogP) is 2.36. The van der Waals surface area contributed by atoms with Crippen LogP contribution < -0.4 is 14.4 Å². The van der Waals surface area contributed by atoms with Crippen LogP contribution in [0.4, 0.5) is 0 Å². The summed E-state index contributed by atoms with van der Waals surface area (Å²) in [4.78, 5) is 13.9. The van der Waals surface area contributed by atoms with Crippen LogP contribution in [0.3, 0.4) is 0 Å². The third kappa shape index (κ3) is 3.11. The van der Waals surface area contributed by atoms with Crippen LogP contribution in [0.25, 0.3) is 6.08 Å². The fraction of sp³-hybridized carbons (Fsp3) is 0.227. The van der Waals surface area contributed by atoms with Crippen molar-refractivity contribution in [1.82, 2.24) is 0 Å². The molecule has 0 bridgehead atoms. The van der Waals surface area contributed by atoms with Gasteiger partial charge < -0.3 is 19.5 Å². The van der Waals surface area contributed by atoms with Gasteiger partial charge in [0.05, 0.1) is 25.2 Å². The monoisotopic (exact) mass is 364 g/mol. The zero-order valence-corrected chi connectivity index (χ0v) is 15.6. The average molecular weight is 364 g/mol. The van der Waals surface area contributed by atoms with Gasteiger partial charge in [-0.3, -0.25) is 4.79 Å². The number of hydrogen-bond acceptors (Lipinski definition) is 4. The molecule has 0 unspecified atom stereocenters. The van der Waals surface area contributed by atoms with E-state index in [9.17, 15) is 9.90 Å². The van der Waals surface area contributed by atoms with Gasteiger partial charge in [-0.2, -0.15) is 0 Å². The molecule has 0 radical (unpaired) electrons. The molecule has 2 aromatic rings. The second-order valence-corrected chi connectivity index (χ2v) is 7.21. The number of ether oxygens (including phenoxy) is 2. The van der Waals surface area contributed by atoms with Crippen molar-refractivity contribution in [2.75, 3.05) is 14.1 Å². The summed E-state index contributed by atoms with van der Waals surface area (Å²) < 4.78 is 11.9. The minimum atomic E-state index is -0.188. The van der Waals surface area contributed by atoms with Crippen molar-refractivity contribution in [3.05, 3.63) is 70.5 Å². The number of nitrogens with one attached hydrogen (secondary N) is 1. The molecule has 0 saturated heterocycles. The van der Waals surface area contributed by atoms with Crippen LogP contribution in [0, 0.1) is 0 Å². The minimum Gasteiger partial charge on any atom is -0.507 e. The number of ketones is 1. The highest BCUT2D eigenvalue weighted by molar-refractivity contribution is 6.13. The van der Waals surface area contributed by atoms with Crippen molar-refractivity contribution < 1.29 is 24.3 Å². The topological polar surface area (TPSA) is 60.2 Å². The van der Waals surface area contributed by atoms with Gasteiger partial charge in [-0.1, -0.05) is 18.2 Å². The number of benzene rings is 2. The van der Waals surface area contributed by atoms with Crippen LogP contribution in [0.2, 0.25) is 0 Å². The first kappa shape index (κ1) is 17.4. The SMILES string of the molecule is C[C@H]1Oc2ccccc2C=C1/C=C1\Oc2c(ccc(O)c2C[NH+](C)C)C1=O. The summed E-state index contributed by atoms with van der Waals surface area (Å²) in [5.74, 6) is 1.51. The Morgan fingerprint density at radius 3 is 2.74 bits per heavy atom. The molecule has 4 rings (SSSR count). The summed E-state index contributed by atoms with van der Waals surface area (Å²) in [6.07, 6.45) is 3.57. The Labute approximate surface area is 158 Å². The second kappa shape index (κ2) is 6.59. The Morgan fingerprint density at radius 2 is 1.96 bits per heavy atom. The molecule has 0 aromatic heterocycles. The fourth-order valence-electron chi connectivity index (χ4n) is 3.39. The maximum Gasteiger partial charge on any atom is 0.231 e. The first-order chi connectivity index (χ1) is 12.9. The van der Waals surface area contributed by atoms with Gasteiger partial charge in [0.2, 0.25) is 5.78 Å². The van der Waals surface area contributed by atoms with E-state index in [1.807, 2.05) is 51.4 Å². The van der Waals surface area contributed by atoms with E-state index in [2.05, 4.69) is 0 Å². The largest absolute Gasteiger partial charge is 0.507 e. The summed E-state index contributed by atoms with van der Waals surface area (Å²) in [6, 6.07) is 11.0. The molecule has 2 heterocycles. The van der Waals surface area contributed by atoms with E-state index in [-0.39, 0.29) is 23.4 Å². The van der Waals surface area contributed by atoms with Crippen LogP contribution in [0.1, 0.15) is 28.4 Å². The molecular weight excluding hydrogens is 342 g/mol. The van der Waals surface area contributed by atoms with Crippen LogP contribution in [-0.2, 0) is 6.54 Å². The highest BCUT2D eigenvalue weighted by Gasteiger charge is 2.32. The number of phenols is 1. The molecule has 27 heavy (non-hydrogen) atoms. The Balaban J connectivity index is 1.72. The van der Waals surface area contributed by atoms with Crippen LogP contribution in [0.15, 0.2) is 53.8 Å². The number of para-hydroxylation sites is 1. The molecule has 0 saturated carbocycles. The van der Waals surface area contributed by atoms with Gasteiger partial charge in [-0.15, -0.1) is 0 Å². The third-order valence-electron chi connectivity index (χ3n) is 4.76. The van der Waals surface area contributed by atoms with E-state index < -0.39 is 0 Å². The lowest BCUT2D eigenvalue weighted by Crippen LogP contribution is -3.04. The van der Waals surface area contributed by atoms with Crippen molar-refractivity contribution in [3.63, 3.8) is 0 Å². The van der Waals surface area contributed by atoms with Crippen LogP contribution in [-0.4, -0.2) is 31.1 Å². The molecule has 138 valence electrons. The molecule has 0 spiro atoms. The highest BCUT2D eigenvalue weighted by Crippen LogP contribution is 2.39. The maximum atomic E-state index is 12.8. The molecular formula is C22H22NO4+. The summed E-state index contributed by atoms with van der Waals surface area (Å²) in [7, 11) is 3.96. The number of carbonyl (C=O) groups is 1. The lowest BCUT2D eigenvalue weighted by Gasteiger charge is -2.22. The maximum absolute atomic E-state index is 12.8. The number of carbonyl (C=O) groups excluding carboxylic acids is 1. The van der Waals surface area contributed by atoms with Gasteiger partial charge in [0, 0.05) is 5.56 Å². The summed E-state index contributed by atoms with van der Waals surface area (Å²) in [5.41, 5.74) is 2.98. The fourth-order valence-corrected chi connectivity index (χ4v) is 3.39. The smallest absolute Gasteiger partial charge is 0.231 e. The number of Topliss-reactive ketones (excluding diaryl/α,β-unsaturated/α-hetero) is 1. The molecule has 0 amide bonds. The number of phenolic OH excluding ortho intramolecular Hbond substituents is 1. The number of aromatic hydroxyl groups is 1. The van der Waals surface area contributed by atoms with Crippen molar-refractivity contribution >= 4 is 11.9 Å². The van der Waals surface area contributed by atoms with Gasteiger partial charge in [-0.25, -0.2) is 0 Å². The molecule has 5 nitrogen and oxygen atoms in total. The molecule has 0 fully saturated rings. The Kier molecular flexibility index (Phi) is 4.24. The zero-order valence-electron chi connectivity index (χ0n) is 15.6. The normalized spacial score (nSPS) is 19.4. The van der Waals surface area contributed by atoms with Crippen molar-refractivity contribution in [3.8, 4) is 17.2 Å². The predicted molar refractivity (Wildman–Crippen MR) is 102 cm³/mol. The number of allylic oxidation sites excluding steroid dienone is 1. The van der Waals surface area contributed by atoms with E-state index in [4.69, 9.17) is 9.47 Å². The standard InChI is InChI=1S/C22H21NO4/c1-13-15(10-14-6-4-5-7-19(14)26-13)11-20-21(25)16-8-9-18(24)17(12-23(2)3)22(16)27-20/h4-11,13,24H,12H2,1-3H3/p+1/b20-11-/t13-/m1/s1. The number of fused-ring (bicyclic) bond motifs is 2. The summed E-state index contributed by atoms with van der Waals surface area (Å²) in [6.45, 7) is 2.50. The highest BCUT2D eigenvalue weighted by atomic mass is 16.5. The minimum absolute atomic E-state index is 0.145. The molecule has 2 aliphatic rings. The summed E-state index contributed by atoms with van der Waals surface area (Å²) >= 11 is 0. The zero-order chi connectivity index (χ0) is 19.1. The van der Waals surface area contributed by atoms with Gasteiger partial charge >= 0.3 is 0 Å². The van der Waals surface area contributed by atoms with E-state index in [0.717, 1.165) is 21.8 Å². The van der Waals surface area contributed by atoms with Crippen LogP contribution in [0.5, 0.6) is 17.2 Å². The lowest BCUT2D eigenvalue weighted by molar-refractivity contribution is -0.872. The molecule has 1 atom stereocenters. The van der Waals surface area contributed by atoms with Gasteiger partial charge in [0.15, 0.2) is 11.5 Å². The number of hydrogen-bond donors (Lipinski definition) is 2. The van der Waals surface area contributed by atoms with Gasteiger partial charge in [0.1, 0.15) is 24.1 Å². The van der Waals surface area contributed by atoms with E-state index >= 15 is 0 Å². The molecule has 5 heteroatoms. The Morgan fingerprint density at radius 1 is 1.19 bits per heavy atom. The van der Waals surface area contributed by atoms with E-state index in [1.54, 1.807) is 18.2 Å². The van der Waals surface area contributed by atoms with Crippen molar-refractivity contribution in [2.45, 2.75) is 19.6 Å². The van der Waals surface area contributed by atoms with Crippen molar-refractivity contribution in [2.24, 2.45) is 0 Å². The van der Waals surface area contributed by atoms with Gasteiger partial charge in [-0.05, 0) is 42.8 Å². The molecule has 2 aliphatic heterocycles. The third-order valence-corrected chi connectivity index (χ3v) is 4.76. The van der Waals surface area contributed by atoms with Gasteiger partial charge in [0.25, 0.3) is 0 Å². The van der Waals surface area contributed by atoms with Crippen molar-refractivity contribution in [1.29, 1.82) is 0 Å². The first-order valence-corrected chi connectivity index (χ1v) is 8.99. The van der Waals surface area contributed by atoms with Crippen LogP contribution >= 0.6 is 0 Å². The second-order valence-electron chi connectivity index (χ2n) is 7.21. The quantitative estimate of drug-likeness (QED) is 0.821. The number of rotatable bonds is 3.